The highest BCUT2D eigenvalue weighted by Crippen LogP contribution is 2.20. The maximum Gasteiger partial charge on any atom is 0.238 e. The van der Waals surface area contributed by atoms with Crippen LogP contribution in [0.1, 0.15) is 19.8 Å². The van der Waals surface area contributed by atoms with Crippen LogP contribution in [0.2, 0.25) is 0 Å². The summed E-state index contributed by atoms with van der Waals surface area (Å²) < 4.78 is 22.8. The largest absolute Gasteiger partial charge is 0.399 e. The Morgan fingerprint density at radius 3 is 2.57 bits per heavy atom. The van der Waals surface area contributed by atoms with E-state index >= 15 is 0 Å². The van der Waals surface area contributed by atoms with Gasteiger partial charge >= 0.3 is 0 Å². The van der Waals surface area contributed by atoms with Gasteiger partial charge in [-0.25, -0.2) is 13.6 Å². The zero-order valence-corrected chi connectivity index (χ0v) is 13.2. The van der Waals surface area contributed by atoms with Crippen LogP contribution < -0.4 is 16.2 Å². The van der Waals surface area contributed by atoms with E-state index < -0.39 is 10.0 Å². The lowest BCUT2D eigenvalue weighted by molar-refractivity contribution is 0.294. The third-order valence-electron chi connectivity index (χ3n) is 3.68. The first-order valence-electron chi connectivity index (χ1n) is 7.24. The molecule has 1 saturated heterocycles. The summed E-state index contributed by atoms with van der Waals surface area (Å²) in [6.07, 6.45) is 2.57. The Bertz CT molecular complexity index is 583. The molecule has 6 nitrogen and oxygen atoms in total. The van der Waals surface area contributed by atoms with Crippen molar-refractivity contribution < 1.29 is 8.42 Å². The summed E-state index contributed by atoms with van der Waals surface area (Å²) >= 11 is 0. The van der Waals surface area contributed by atoms with E-state index in [-0.39, 0.29) is 4.90 Å². The van der Waals surface area contributed by atoms with Crippen LogP contribution in [0.3, 0.4) is 0 Å². The molecule has 0 radical (unpaired) electrons. The molecule has 0 aliphatic carbocycles. The van der Waals surface area contributed by atoms with Crippen LogP contribution in [-0.4, -0.2) is 39.5 Å². The summed E-state index contributed by atoms with van der Waals surface area (Å²) in [4.78, 5) is 2.50. The number of hydrogen-bond acceptors (Lipinski definition) is 5. The second kappa shape index (κ2) is 6.64. The molecule has 0 spiro atoms. The van der Waals surface area contributed by atoms with Crippen molar-refractivity contribution in [2.75, 3.05) is 37.2 Å². The number of benzene rings is 1. The molecule has 21 heavy (non-hydrogen) atoms. The molecule has 1 aromatic rings. The minimum Gasteiger partial charge on any atom is -0.399 e. The lowest BCUT2D eigenvalue weighted by atomic mass is 10.1. The third kappa shape index (κ3) is 4.87. The number of likely N-dealkylation sites (tertiary alicyclic amines) is 1. The first kappa shape index (κ1) is 16.1. The first-order chi connectivity index (χ1) is 9.84. The van der Waals surface area contributed by atoms with Crippen LogP contribution in [0.5, 0.6) is 0 Å². The Kier molecular flexibility index (Phi) is 5.08. The van der Waals surface area contributed by atoms with E-state index in [1.54, 1.807) is 6.07 Å². The Morgan fingerprint density at radius 2 is 1.95 bits per heavy atom. The molecule has 1 aliphatic heterocycles. The standard InChI is InChI=1S/C14H24N4O2S/c1-11(10-18-4-2-3-5-18)9-17-13-6-12(15)7-14(8-13)21(16,19)20/h6-8,11,17H,2-5,9-10,15H2,1H3,(H2,16,19,20). The number of sulfonamides is 1. The monoisotopic (exact) mass is 312 g/mol. The first-order valence-corrected chi connectivity index (χ1v) is 8.79. The lowest BCUT2D eigenvalue weighted by Gasteiger charge is -2.21. The maximum absolute atomic E-state index is 11.4. The zero-order valence-electron chi connectivity index (χ0n) is 12.4. The topological polar surface area (TPSA) is 101 Å². The fourth-order valence-electron chi connectivity index (χ4n) is 2.65. The summed E-state index contributed by atoms with van der Waals surface area (Å²) in [6, 6.07) is 4.61. The number of nitrogens with one attached hydrogen (secondary N) is 1. The van der Waals surface area contributed by atoms with Crippen LogP contribution in [0, 0.1) is 5.92 Å². The number of anilines is 2. The molecule has 0 bridgehead atoms. The van der Waals surface area contributed by atoms with Gasteiger partial charge in [-0.2, -0.15) is 0 Å². The van der Waals surface area contributed by atoms with Gasteiger partial charge in [0.1, 0.15) is 0 Å². The Hall–Kier alpha value is -1.31. The summed E-state index contributed by atoms with van der Waals surface area (Å²) in [6.45, 7) is 6.36. The van der Waals surface area contributed by atoms with Gasteiger partial charge in [0, 0.05) is 24.5 Å². The average Bonchev–Trinajstić information content (AvgIpc) is 2.87. The number of primary sulfonamides is 1. The van der Waals surface area contributed by atoms with E-state index in [1.165, 1.54) is 38.1 Å². The van der Waals surface area contributed by atoms with Crippen LogP contribution in [0.4, 0.5) is 11.4 Å². The van der Waals surface area contributed by atoms with Gasteiger partial charge in [-0.3, -0.25) is 0 Å². The second-order valence-electron chi connectivity index (χ2n) is 5.83. The van der Waals surface area contributed by atoms with Crippen molar-refractivity contribution in [2.24, 2.45) is 11.1 Å². The fraction of sp³-hybridized carbons (Fsp3) is 0.571. The Morgan fingerprint density at radius 1 is 1.29 bits per heavy atom. The second-order valence-corrected chi connectivity index (χ2v) is 7.39. The van der Waals surface area contributed by atoms with Crippen molar-refractivity contribution in [1.29, 1.82) is 0 Å². The fourth-order valence-corrected chi connectivity index (χ4v) is 3.24. The molecule has 1 atom stereocenters. The molecule has 2 rings (SSSR count). The molecule has 1 aliphatic rings. The van der Waals surface area contributed by atoms with E-state index in [2.05, 4.69) is 17.1 Å². The molecular formula is C14H24N4O2S. The number of nitrogens with two attached hydrogens (primary N) is 2. The normalized spacial score (nSPS) is 17.8. The SMILES string of the molecule is CC(CNc1cc(N)cc(S(N)(=O)=O)c1)CN1CCCC1. The number of rotatable bonds is 6. The van der Waals surface area contributed by atoms with Crippen LogP contribution in [0.15, 0.2) is 23.1 Å². The van der Waals surface area contributed by atoms with Gasteiger partial charge in [-0.15, -0.1) is 0 Å². The van der Waals surface area contributed by atoms with Gasteiger partial charge in [-0.1, -0.05) is 6.92 Å². The van der Waals surface area contributed by atoms with Crippen molar-refractivity contribution in [3.8, 4) is 0 Å². The minimum atomic E-state index is -3.73. The number of nitrogen functional groups attached to an aromatic ring is 1. The van der Waals surface area contributed by atoms with Crippen LogP contribution >= 0.6 is 0 Å². The smallest absolute Gasteiger partial charge is 0.238 e. The predicted molar refractivity (Wildman–Crippen MR) is 85.6 cm³/mol. The van der Waals surface area contributed by atoms with Crippen molar-refractivity contribution in [1.82, 2.24) is 4.90 Å². The molecule has 1 unspecified atom stereocenters. The van der Waals surface area contributed by atoms with Gasteiger partial charge in [-0.05, 0) is 50.0 Å². The van der Waals surface area contributed by atoms with E-state index in [4.69, 9.17) is 10.9 Å². The van der Waals surface area contributed by atoms with Gasteiger partial charge in [0.15, 0.2) is 0 Å². The highest BCUT2D eigenvalue weighted by molar-refractivity contribution is 7.89. The molecule has 0 aromatic heterocycles. The number of nitrogens with zero attached hydrogens (tertiary/aromatic N) is 1. The Labute approximate surface area is 126 Å². The van der Waals surface area contributed by atoms with Crippen molar-refractivity contribution >= 4 is 21.4 Å². The van der Waals surface area contributed by atoms with E-state index in [0.717, 1.165) is 13.1 Å². The molecule has 5 N–H and O–H groups in total. The maximum atomic E-state index is 11.4. The summed E-state index contributed by atoms with van der Waals surface area (Å²) in [5.74, 6) is 0.475. The summed E-state index contributed by atoms with van der Waals surface area (Å²) in [7, 11) is -3.73. The minimum absolute atomic E-state index is 0.0391. The zero-order chi connectivity index (χ0) is 15.5. The summed E-state index contributed by atoms with van der Waals surface area (Å²) in [5.41, 5.74) is 6.80. The molecule has 0 saturated carbocycles. The van der Waals surface area contributed by atoms with Crippen molar-refractivity contribution in [2.45, 2.75) is 24.7 Å². The highest BCUT2D eigenvalue weighted by Gasteiger charge is 2.15. The lowest BCUT2D eigenvalue weighted by Crippen LogP contribution is -2.28. The van der Waals surface area contributed by atoms with Crippen LogP contribution in [-0.2, 0) is 10.0 Å². The third-order valence-corrected chi connectivity index (χ3v) is 4.57. The van der Waals surface area contributed by atoms with E-state index in [1.807, 2.05) is 0 Å². The quantitative estimate of drug-likeness (QED) is 0.682. The number of hydrogen-bond donors (Lipinski definition) is 3. The average molecular weight is 312 g/mol. The molecular weight excluding hydrogens is 288 g/mol. The van der Waals surface area contributed by atoms with Crippen molar-refractivity contribution in [3.05, 3.63) is 18.2 Å². The predicted octanol–water partition coefficient (Wildman–Crippen LogP) is 1.06. The Balaban J connectivity index is 1.94. The molecule has 1 aromatic carbocycles. The van der Waals surface area contributed by atoms with Gasteiger partial charge < -0.3 is 16.0 Å². The molecule has 7 heteroatoms. The molecule has 1 heterocycles. The van der Waals surface area contributed by atoms with Crippen LogP contribution in [0.25, 0.3) is 0 Å². The van der Waals surface area contributed by atoms with Gasteiger partial charge in [0.25, 0.3) is 0 Å². The molecule has 118 valence electrons. The van der Waals surface area contributed by atoms with Gasteiger partial charge in [0.2, 0.25) is 10.0 Å². The van der Waals surface area contributed by atoms with E-state index in [0.29, 0.717) is 17.3 Å². The molecule has 1 fully saturated rings. The van der Waals surface area contributed by atoms with Gasteiger partial charge in [0.05, 0.1) is 4.90 Å². The highest BCUT2D eigenvalue weighted by atomic mass is 32.2. The van der Waals surface area contributed by atoms with Crippen molar-refractivity contribution in [3.63, 3.8) is 0 Å². The summed E-state index contributed by atoms with van der Waals surface area (Å²) in [5, 5.41) is 8.39. The van der Waals surface area contributed by atoms with E-state index in [9.17, 15) is 8.42 Å². The molecule has 0 amide bonds.